The van der Waals surface area contributed by atoms with Crippen LogP contribution in [0.4, 0.5) is 0 Å². The number of nitriles is 1. The first kappa shape index (κ1) is 16.1. The van der Waals surface area contributed by atoms with Crippen LogP contribution in [0.25, 0.3) is 0 Å². The van der Waals surface area contributed by atoms with Gasteiger partial charge in [0.25, 0.3) is 0 Å². The molecule has 1 fully saturated rings. The van der Waals surface area contributed by atoms with E-state index in [1.165, 1.54) is 6.42 Å². The lowest BCUT2D eigenvalue weighted by molar-refractivity contribution is 0.0233. The number of carbonyl (C=O) groups excluding carboxylic acids is 1. The zero-order valence-corrected chi connectivity index (χ0v) is 14.1. The molecule has 0 radical (unpaired) electrons. The fourth-order valence-corrected chi connectivity index (χ4v) is 3.31. The average molecular weight is 353 g/mol. The van der Waals surface area contributed by atoms with E-state index in [9.17, 15) is 10.1 Å². The summed E-state index contributed by atoms with van der Waals surface area (Å²) in [7, 11) is 0. The summed E-state index contributed by atoms with van der Waals surface area (Å²) in [5.74, 6) is -0.231. The van der Waals surface area contributed by atoms with Gasteiger partial charge in [-0.25, -0.2) is 4.79 Å². The van der Waals surface area contributed by atoms with Gasteiger partial charge in [-0.15, -0.1) is 0 Å². The molecule has 1 atom stereocenters. The fraction of sp³-hybridized carbons (Fsp3) is 0.625. The van der Waals surface area contributed by atoms with Crippen LogP contribution in [0.2, 0.25) is 0 Å². The van der Waals surface area contributed by atoms with Crippen molar-refractivity contribution in [1.29, 1.82) is 5.26 Å². The molecule has 21 heavy (non-hydrogen) atoms. The predicted molar refractivity (Wildman–Crippen MR) is 83.9 cm³/mol. The minimum atomic E-state index is -0.632. The van der Waals surface area contributed by atoms with Gasteiger partial charge < -0.3 is 9.30 Å². The standard InChI is InChI=1S/C16H21BrN2O2/c1-11(2)19-10-13(17)8-14(19)16(20)21-15(9-18)12-6-4-3-5-7-12/h8,10-12,15H,3-7H2,1-2H3/t15-/m0/s1. The number of halogens is 1. The van der Waals surface area contributed by atoms with Crippen molar-refractivity contribution >= 4 is 21.9 Å². The molecule has 1 aromatic heterocycles. The number of rotatable bonds is 4. The number of aromatic nitrogens is 1. The Bertz CT molecular complexity index is 539. The lowest BCUT2D eigenvalue weighted by Crippen LogP contribution is -2.28. The van der Waals surface area contributed by atoms with Crippen LogP contribution in [-0.4, -0.2) is 16.6 Å². The van der Waals surface area contributed by atoms with Crippen molar-refractivity contribution in [2.24, 2.45) is 5.92 Å². The lowest BCUT2D eigenvalue weighted by atomic mass is 9.85. The number of hydrogen-bond donors (Lipinski definition) is 0. The van der Waals surface area contributed by atoms with E-state index in [-0.39, 0.29) is 12.0 Å². The molecule has 0 unspecified atom stereocenters. The van der Waals surface area contributed by atoms with E-state index in [1.54, 1.807) is 6.07 Å². The molecule has 2 rings (SSSR count). The van der Waals surface area contributed by atoms with Crippen LogP contribution in [0, 0.1) is 17.2 Å². The summed E-state index contributed by atoms with van der Waals surface area (Å²) >= 11 is 3.39. The molecule has 0 aliphatic heterocycles. The van der Waals surface area contributed by atoms with Crippen molar-refractivity contribution in [2.45, 2.75) is 58.1 Å². The van der Waals surface area contributed by atoms with Gasteiger partial charge in [-0.05, 0) is 48.7 Å². The summed E-state index contributed by atoms with van der Waals surface area (Å²) in [6.45, 7) is 4.01. The largest absolute Gasteiger partial charge is 0.442 e. The van der Waals surface area contributed by atoms with Crippen molar-refractivity contribution in [2.75, 3.05) is 0 Å². The average Bonchev–Trinajstić information content (AvgIpc) is 2.88. The predicted octanol–water partition coefficient (Wildman–Crippen LogP) is 4.46. The zero-order chi connectivity index (χ0) is 15.4. The molecular formula is C16H21BrN2O2. The molecule has 1 aliphatic rings. The Hall–Kier alpha value is -1.28. The van der Waals surface area contributed by atoms with Crippen LogP contribution < -0.4 is 0 Å². The Kier molecular flexibility index (Phi) is 5.46. The van der Waals surface area contributed by atoms with E-state index in [0.717, 1.165) is 30.2 Å². The summed E-state index contributed by atoms with van der Waals surface area (Å²) in [6.07, 6.45) is 6.63. The SMILES string of the molecule is CC(C)n1cc(Br)cc1C(=O)O[C@@H](C#N)C1CCCCC1. The number of ether oxygens (including phenoxy) is 1. The Balaban J connectivity index is 2.11. The van der Waals surface area contributed by atoms with Crippen LogP contribution >= 0.6 is 15.9 Å². The number of esters is 1. The minimum Gasteiger partial charge on any atom is -0.442 e. The monoisotopic (exact) mass is 352 g/mol. The van der Waals surface area contributed by atoms with Gasteiger partial charge in [0.2, 0.25) is 0 Å². The van der Waals surface area contributed by atoms with E-state index in [1.807, 2.05) is 24.6 Å². The lowest BCUT2D eigenvalue weighted by Gasteiger charge is -2.25. The fourth-order valence-electron chi connectivity index (χ4n) is 2.88. The zero-order valence-electron chi connectivity index (χ0n) is 12.5. The summed E-state index contributed by atoms with van der Waals surface area (Å²) < 4.78 is 8.19. The summed E-state index contributed by atoms with van der Waals surface area (Å²) in [5, 5.41) is 9.31. The number of carbonyl (C=O) groups is 1. The minimum absolute atomic E-state index is 0.161. The molecule has 1 aromatic rings. The molecule has 0 amide bonds. The molecule has 0 bridgehead atoms. The summed E-state index contributed by atoms with van der Waals surface area (Å²) in [5.41, 5.74) is 0.493. The molecule has 0 N–H and O–H groups in total. The van der Waals surface area contributed by atoms with Crippen molar-refractivity contribution in [3.63, 3.8) is 0 Å². The van der Waals surface area contributed by atoms with Crippen molar-refractivity contribution in [3.8, 4) is 6.07 Å². The highest BCUT2D eigenvalue weighted by molar-refractivity contribution is 9.10. The van der Waals surface area contributed by atoms with E-state index in [2.05, 4.69) is 22.0 Å². The van der Waals surface area contributed by atoms with Gasteiger partial charge >= 0.3 is 5.97 Å². The molecule has 1 heterocycles. The van der Waals surface area contributed by atoms with Gasteiger partial charge in [0.1, 0.15) is 11.8 Å². The highest BCUT2D eigenvalue weighted by atomic mass is 79.9. The van der Waals surface area contributed by atoms with Crippen LogP contribution in [-0.2, 0) is 4.74 Å². The Morgan fingerprint density at radius 1 is 1.43 bits per heavy atom. The molecular weight excluding hydrogens is 332 g/mol. The summed E-state index contributed by atoms with van der Waals surface area (Å²) in [4.78, 5) is 12.4. The molecule has 1 saturated carbocycles. The molecule has 0 spiro atoms. The third-order valence-corrected chi connectivity index (χ3v) is 4.45. The molecule has 0 saturated heterocycles. The highest BCUT2D eigenvalue weighted by Crippen LogP contribution is 2.29. The maximum Gasteiger partial charge on any atom is 0.356 e. The van der Waals surface area contributed by atoms with Gasteiger partial charge in [0.15, 0.2) is 6.10 Å². The Labute approximate surface area is 134 Å². The van der Waals surface area contributed by atoms with Gasteiger partial charge in [-0.3, -0.25) is 0 Å². The number of nitrogens with zero attached hydrogens (tertiary/aromatic N) is 2. The third kappa shape index (κ3) is 3.88. The van der Waals surface area contributed by atoms with Crippen LogP contribution in [0.1, 0.15) is 62.5 Å². The van der Waals surface area contributed by atoms with Crippen LogP contribution in [0.5, 0.6) is 0 Å². The first-order chi connectivity index (χ1) is 10.0. The molecule has 5 heteroatoms. The van der Waals surface area contributed by atoms with E-state index >= 15 is 0 Å². The first-order valence-electron chi connectivity index (χ1n) is 7.51. The van der Waals surface area contributed by atoms with Gasteiger partial charge in [0.05, 0.1) is 0 Å². The third-order valence-electron chi connectivity index (χ3n) is 4.02. The van der Waals surface area contributed by atoms with Crippen molar-refractivity contribution in [1.82, 2.24) is 4.57 Å². The second-order valence-corrected chi connectivity index (χ2v) is 6.81. The normalized spacial score (nSPS) is 17.5. The molecule has 1 aliphatic carbocycles. The van der Waals surface area contributed by atoms with Crippen molar-refractivity contribution in [3.05, 3.63) is 22.4 Å². The molecule has 114 valence electrons. The summed E-state index contributed by atoms with van der Waals surface area (Å²) in [6, 6.07) is 4.07. The quantitative estimate of drug-likeness (QED) is 0.751. The van der Waals surface area contributed by atoms with E-state index in [0.29, 0.717) is 5.69 Å². The maximum atomic E-state index is 12.4. The second-order valence-electron chi connectivity index (χ2n) is 5.90. The maximum absolute atomic E-state index is 12.4. The van der Waals surface area contributed by atoms with Gasteiger partial charge in [-0.1, -0.05) is 19.3 Å². The van der Waals surface area contributed by atoms with Crippen LogP contribution in [0.3, 0.4) is 0 Å². The first-order valence-corrected chi connectivity index (χ1v) is 8.30. The Morgan fingerprint density at radius 2 is 2.10 bits per heavy atom. The van der Waals surface area contributed by atoms with E-state index in [4.69, 9.17) is 4.74 Å². The molecule has 0 aromatic carbocycles. The second kappa shape index (κ2) is 7.13. The highest BCUT2D eigenvalue weighted by Gasteiger charge is 2.28. The smallest absolute Gasteiger partial charge is 0.356 e. The van der Waals surface area contributed by atoms with Crippen LogP contribution in [0.15, 0.2) is 16.7 Å². The number of hydrogen-bond acceptors (Lipinski definition) is 3. The molecule has 4 nitrogen and oxygen atoms in total. The van der Waals surface area contributed by atoms with E-state index < -0.39 is 12.1 Å². The Morgan fingerprint density at radius 3 is 2.67 bits per heavy atom. The topological polar surface area (TPSA) is 55.0 Å². The van der Waals surface area contributed by atoms with Crippen molar-refractivity contribution < 1.29 is 9.53 Å². The van der Waals surface area contributed by atoms with Gasteiger partial charge in [0, 0.05) is 22.6 Å². The van der Waals surface area contributed by atoms with Gasteiger partial charge in [-0.2, -0.15) is 5.26 Å².